The first kappa shape index (κ1) is 13.7. The van der Waals surface area contributed by atoms with Crippen molar-refractivity contribution in [2.75, 3.05) is 31.1 Å². The van der Waals surface area contributed by atoms with Gasteiger partial charge in [0.2, 0.25) is 0 Å². The van der Waals surface area contributed by atoms with Crippen LogP contribution in [0.3, 0.4) is 0 Å². The van der Waals surface area contributed by atoms with E-state index in [0.29, 0.717) is 12.2 Å². The van der Waals surface area contributed by atoms with Crippen molar-refractivity contribution in [3.05, 3.63) is 10.6 Å². The van der Waals surface area contributed by atoms with Crippen molar-refractivity contribution in [3.8, 4) is 0 Å². The van der Waals surface area contributed by atoms with Crippen LogP contribution < -0.4 is 4.90 Å². The summed E-state index contributed by atoms with van der Waals surface area (Å²) in [6.07, 6.45) is 8.27. The zero-order chi connectivity index (χ0) is 14.2. The first-order valence-corrected chi connectivity index (χ1v) is 9.15. The highest BCUT2D eigenvalue weighted by atomic mass is 32.1. The van der Waals surface area contributed by atoms with Gasteiger partial charge in [0.25, 0.3) is 0 Å². The maximum Gasteiger partial charge on any atom is 0.186 e. The van der Waals surface area contributed by atoms with Gasteiger partial charge in [0.1, 0.15) is 0 Å². The number of piperazine rings is 1. The van der Waals surface area contributed by atoms with Crippen molar-refractivity contribution in [2.45, 2.75) is 51.0 Å². The van der Waals surface area contributed by atoms with Gasteiger partial charge in [0, 0.05) is 38.6 Å². The SMILES string of the molecule is O=C1CCCc2nc(N3CCN(C4CCCC4)CC3)sc21. The fourth-order valence-corrected chi connectivity index (χ4v) is 5.07. The molecule has 0 bridgehead atoms. The van der Waals surface area contributed by atoms with Crippen molar-refractivity contribution < 1.29 is 4.79 Å². The molecule has 0 unspecified atom stereocenters. The van der Waals surface area contributed by atoms with Gasteiger partial charge in [-0.3, -0.25) is 9.69 Å². The van der Waals surface area contributed by atoms with Crippen LogP contribution in [0.2, 0.25) is 0 Å². The summed E-state index contributed by atoms with van der Waals surface area (Å²) in [6, 6.07) is 0.832. The monoisotopic (exact) mass is 305 g/mol. The topological polar surface area (TPSA) is 36.4 Å². The van der Waals surface area contributed by atoms with E-state index >= 15 is 0 Å². The van der Waals surface area contributed by atoms with Crippen LogP contribution in [0.4, 0.5) is 5.13 Å². The Kier molecular flexibility index (Phi) is 3.71. The van der Waals surface area contributed by atoms with Crippen LogP contribution in [0.15, 0.2) is 0 Å². The Morgan fingerprint density at radius 1 is 1.00 bits per heavy atom. The fraction of sp³-hybridized carbons (Fsp3) is 0.750. The number of hydrogen-bond acceptors (Lipinski definition) is 5. The molecule has 0 amide bonds. The first-order chi connectivity index (χ1) is 10.3. The minimum atomic E-state index is 0.310. The number of thiazole rings is 1. The average molecular weight is 305 g/mol. The zero-order valence-electron chi connectivity index (χ0n) is 12.5. The Morgan fingerprint density at radius 3 is 2.48 bits per heavy atom. The molecule has 1 aliphatic heterocycles. The lowest BCUT2D eigenvalue weighted by Gasteiger charge is -2.37. The van der Waals surface area contributed by atoms with Gasteiger partial charge in [-0.1, -0.05) is 24.2 Å². The summed E-state index contributed by atoms with van der Waals surface area (Å²) >= 11 is 1.63. The normalized spacial score (nSPS) is 24.6. The highest BCUT2D eigenvalue weighted by Gasteiger charge is 2.29. The van der Waals surface area contributed by atoms with Crippen LogP contribution in [-0.4, -0.2) is 47.9 Å². The lowest BCUT2D eigenvalue weighted by Crippen LogP contribution is -2.49. The Morgan fingerprint density at radius 2 is 1.76 bits per heavy atom. The molecule has 2 fully saturated rings. The molecule has 0 N–H and O–H groups in total. The molecular weight excluding hydrogens is 282 g/mol. The van der Waals surface area contributed by atoms with Gasteiger partial charge < -0.3 is 4.90 Å². The van der Waals surface area contributed by atoms with Crippen molar-refractivity contribution in [3.63, 3.8) is 0 Å². The molecule has 2 aliphatic carbocycles. The maximum atomic E-state index is 12.0. The zero-order valence-corrected chi connectivity index (χ0v) is 13.3. The minimum absolute atomic E-state index is 0.310. The van der Waals surface area contributed by atoms with Gasteiger partial charge >= 0.3 is 0 Å². The fourth-order valence-electron chi connectivity index (χ4n) is 3.94. The highest BCUT2D eigenvalue weighted by Crippen LogP contribution is 2.33. The summed E-state index contributed by atoms with van der Waals surface area (Å²) in [5, 5.41) is 1.08. The smallest absolute Gasteiger partial charge is 0.186 e. The molecule has 1 saturated heterocycles. The van der Waals surface area contributed by atoms with E-state index in [1.165, 1.54) is 25.7 Å². The lowest BCUT2D eigenvalue weighted by molar-refractivity contribution is 0.0976. The molecule has 0 spiro atoms. The third kappa shape index (κ3) is 2.61. The number of ketones is 1. The van der Waals surface area contributed by atoms with E-state index in [4.69, 9.17) is 4.98 Å². The van der Waals surface area contributed by atoms with Gasteiger partial charge in [-0.2, -0.15) is 0 Å². The number of aryl methyl sites for hydroxylation is 1. The van der Waals surface area contributed by atoms with Crippen molar-refractivity contribution in [2.24, 2.45) is 0 Å². The second-order valence-electron chi connectivity index (χ2n) is 6.51. The summed E-state index contributed by atoms with van der Waals surface area (Å²) in [5.74, 6) is 0.310. The number of aromatic nitrogens is 1. The molecule has 4 rings (SSSR count). The van der Waals surface area contributed by atoms with Crippen LogP contribution in [0.1, 0.15) is 53.9 Å². The molecule has 1 aromatic heterocycles. The average Bonchev–Trinajstić information content (AvgIpc) is 3.18. The molecule has 21 heavy (non-hydrogen) atoms. The molecule has 0 atom stereocenters. The summed E-state index contributed by atoms with van der Waals surface area (Å²) < 4.78 is 0. The van der Waals surface area contributed by atoms with E-state index in [9.17, 15) is 4.79 Å². The van der Waals surface area contributed by atoms with Gasteiger partial charge in [-0.25, -0.2) is 4.98 Å². The van der Waals surface area contributed by atoms with Crippen molar-refractivity contribution >= 4 is 22.3 Å². The van der Waals surface area contributed by atoms with Crippen LogP contribution in [0.25, 0.3) is 0 Å². The number of carbonyl (C=O) groups is 1. The Hall–Kier alpha value is -0.940. The summed E-state index contributed by atoms with van der Waals surface area (Å²) in [4.78, 5) is 22.7. The Balaban J connectivity index is 1.43. The van der Waals surface area contributed by atoms with Crippen molar-refractivity contribution in [1.82, 2.24) is 9.88 Å². The van der Waals surface area contributed by atoms with E-state index in [-0.39, 0.29) is 0 Å². The quantitative estimate of drug-likeness (QED) is 0.842. The molecule has 5 heteroatoms. The van der Waals surface area contributed by atoms with E-state index in [1.807, 2.05) is 0 Å². The molecular formula is C16H23N3OS. The number of carbonyl (C=O) groups excluding carboxylic acids is 1. The second kappa shape index (κ2) is 5.69. The standard InChI is InChI=1S/C16H23N3OS/c20-14-7-3-6-13-15(14)21-16(17-13)19-10-8-18(9-11-19)12-4-1-2-5-12/h12H,1-11H2. The number of nitrogens with zero attached hydrogens (tertiary/aromatic N) is 3. The van der Waals surface area contributed by atoms with Crippen LogP contribution in [0, 0.1) is 0 Å². The first-order valence-electron chi connectivity index (χ1n) is 8.33. The molecule has 0 aromatic carbocycles. The van der Waals surface area contributed by atoms with Gasteiger partial charge in [-0.15, -0.1) is 0 Å². The van der Waals surface area contributed by atoms with Crippen LogP contribution in [0.5, 0.6) is 0 Å². The largest absolute Gasteiger partial charge is 0.346 e. The lowest BCUT2D eigenvalue weighted by atomic mass is 10.0. The molecule has 1 saturated carbocycles. The molecule has 1 aromatic rings. The predicted octanol–water partition coefficient (Wildman–Crippen LogP) is 2.73. The van der Waals surface area contributed by atoms with Gasteiger partial charge in [0.05, 0.1) is 10.6 Å². The number of fused-ring (bicyclic) bond motifs is 1. The Labute approximate surface area is 130 Å². The van der Waals surface area contributed by atoms with E-state index in [1.54, 1.807) is 11.3 Å². The van der Waals surface area contributed by atoms with E-state index in [0.717, 1.165) is 60.8 Å². The third-order valence-electron chi connectivity index (χ3n) is 5.18. The number of anilines is 1. The summed E-state index contributed by atoms with van der Waals surface area (Å²) in [5.41, 5.74) is 1.06. The van der Waals surface area contributed by atoms with Gasteiger partial charge in [-0.05, 0) is 25.7 Å². The molecule has 114 valence electrons. The summed E-state index contributed by atoms with van der Waals surface area (Å²) in [7, 11) is 0. The third-order valence-corrected chi connectivity index (χ3v) is 6.38. The molecule has 0 radical (unpaired) electrons. The number of rotatable bonds is 2. The number of hydrogen-bond donors (Lipinski definition) is 0. The van der Waals surface area contributed by atoms with Crippen LogP contribution >= 0.6 is 11.3 Å². The number of Topliss-reactive ketones (excluding diaryl/α,β-unsaturated/α-hetero) is 1. The minimum Gasteiger partial charge on any atom is -0.346 e. The summed E-state index contributed by atoms with van der Waals surface area (Å²) in [6.45, 7) is 4.44. The Bertz CT molecular complexity index is 528. The second-order valence-corrected chi connectivity index (χ2v) is 7.49. The van der Waals surface area contributed by atoms with Crippen molar-refractivity contribution in [1.29, 1.82) is 0 Å². The van der Waals surface area contributed by atoms with Crippen LogP contribution in [-0.2, 0) is 6.42 Å². The molecule has 3 aliphatic rings. The highest BCUT2D eigenvalue weighted by molar-refractivity contribution is 7.17. The van der Waals surface area contributed by atoms with E-state index in [2.05, 4.69) is 9.80 Å². The van der Waals surface area contributed by atoms with Gasteiger partial charge in [0.15, 0.2) is 10.9 Å². The maximum absolute atomic E-state index is 12.0. The van der Waals surface area contributed by atoms with E-state index < -0.39 is 0 Å². The molecule has 4 nitrogen and oxygen atoms in total. The predicted molar refractivity (Wildman–Crippen MR) is 85.4 cm³/mol. The molecule has 2 heterocycles.